The minimum Gasteiger partial charge on any atom is -0.464 e. The second-order valence-electron chi connectivity index (χ2n) is 6.57. The molecule has 6 nitrogen and oxygen atoms in total. The van der Waals surface area contributed by atoms with Gasteiger partial charge < -0.3 is 14.8 Å². The lowest BCUT2D eigenvalue weighted by Crippen LogP contribution is -2.44. The highest BCUT2D eigenvalue weighted by Crippen LogP contribution is 2.17. The van der Waals surface area contributed by atoms with Gasteiger partial charge in [0.25, 0.3) is 0 Å². The largest absolute Gasteiger partial charge is 0.464 e. The molecule has 1 unspecified atom stereocenters. The molecule has 1 rings (SSSR count). The number of carbonyl (C=O) groups is 3. The van der Waals surface area contributed by atoms with E-state index in [-0.39, 0.29) is 30.0 Å². The fourth-order valence-corrected chi connectivity index (χ4v) is 2.30. The van der Waals surface area contributed by atoms with Crippen molar-refractivity contribution in [1.82, 2.24) is 5.32 Å². The van der Waals surface area contributed by atoms with Gasteiger partial charge in [0.05, 0.1) is 6.61 Å². The van der Waals surface area contributed by atoms with Gasteiger partial charge in [-0.05, 0) is 52.3 Å². The summed E-state index contributed by atoms with van der Waals surface area (Å²) in [6.45, 7) is 6.80. The van der Waals surface area contributed by atoms with Gasteiger partial charge in [-0.1, -0.05) is 11.6 Å². The molecule has 0 aliphatic heterocycles. The number of alkyl carbamates (subject to hydrolysis) is 1. The summed E-state index contributed by atoms with van der Waals surface area (Å²) in [5.74, 6) is -1.72. The van der Waals surface area contributed by atoms with E-state index in [1.165, 1.54) is 6.07 Å². The third-order valence-electron chi connectivity index (χ3n) is 3.11. The first-order valence-corrected chi connectivity index (χ1v) is 8.55. The lowest BCUT2D eigenvalue weighted by molar-refractivity contribution is -0.145. The monoisotopic (exact) mass is 387 g/mol. The topological polar surface area (TPSA) is 81.7 Å². The van der Waals surface area contributed by atoms with Gasteiger partial charge >= 0.3 is 12.1 Å². The predicted octanol–water partition coefficient (Wildman–Crippen LogP) is 3.90. The van der Waals surface area contributed by atoms with E-state index >= 15 is 0 Å². The van der Waals surface area contributed by atoms with E-state index in [1.807, 2.05) is 0 Å². The Hall–Kier alpha value is -2.15. The highest BCUT2D eigenvalue weighted by Gasteiger charge is 2.26. The standard InChI is InChI=1S/C18H23ClFNO5/c1-5-25-16(23)14(21-17(24)26-18(2,3)4)6-7-15(22)11-8-12(19)10-13(20)9-11/h8-10,14H,5-7H2,1-4H3,(H,21,24). The molecule has 0 radical (unpaired) electrons. The van der Waals surface area contributed by atoms with Gasteiger partial charge in [0, 0.05) is 17.0 Å². The van der Waals surface area contributed by atoms with Crippen LogP contribution in [0.15, 0.2) is 18.2 Å². The van der Waals surface area contributed by atoms with Crippen molar-refractivity contribution in [2.45, 2.75) is 52.2 Å². The van der Waals surface area contributed by atoms with E-state index in [0.29, 0.717) is 0 Å². The minimum absolute atomic E-state index is 0.0228. The number of amides is 1. The third-order valence-corrected chi connectivity index (χ3v) is 3.32. The van der Waals surface area contributed by atoms with E-state index in [0.717, 1.165) is 12.1 Å². The maximum Gasteiger partial charge on any atom is 0.408 e. The molecule has 0 heterocycles. The van der Waals surface area contributed by atoms with Crippen LogP contribution in [0.2, 0.25) is 5.02 Å². The number of nitrogens with one attached hydrogen (secondary N) is 1. The quantitative estimate of drug-likeness (QED) is 0.566. The Morgan fingerprint density at radius 2 is 1.88 bits per heavy atom. The first-order chi connectivity index (χ1) is 12.0. The zero-order chi connectivity index (χ0) is 19.9. The maximum atomic E-state index is 13.4. The molecular weight excluding hydrogens is 365 g/mol. The van der Waals surface area contributed by atoms with Crippen LogP contribution in [0.4, 0.5) is 9.18 Å². The van der Waals surface area contributed by atoms with Crippen molar-refractivity contribution < 1.29 is 28.2 Å². The number of ketones is 1. The van der Waals surface area contributed by atoms with Crippen LogP contribution in [-0.4, -0.2) is 36.1 Å². The average Bonchev–Trinajstić information content (AvgIpc) is 2.48. The Balaban J connectivity index is 2.77. The molecule has 1 aromatic rings. The number of ether oxygens (including phenoxy) is 2. The number of Topliss-reactive ketones (excluding diaryl/α,β-unsaturated/α-hetero) is 1. The number of rotatable bonds is 7. The van der Waals surface area contributed by atoms with Gasteiger partial charge in [-0.2, -0.15) is 0 Å². The second-order valence-corrected chi connectivity index (χ2v) is 7.01. The van der Waals surface area contributed by atoms with E-state index < -0.39 is 35.3 Å². The smallest absolute Gasteiger partial charge is 0.408 e. The Labute approximate surface area is 157 Å². The van der Waals surface area contributed by atoms with Crippen LogP contribution >= 0.6 is 11.6 Å². The first kappa shape index (κ1) is 21.9. The average molecular weight is 388 g/mol. The van der Waals surface area contributed by atoms with Crippen molar-refractivity contribution in [3.63, 3.8) is 0 Å². The second kappa shape index (κ2) is 9.52. The molecule has 8 heteroatoms. The van der Waals surface area contributed by atoms with Crippen LogP contribution in [-0.2, 0) is 14.3 Å². The van der Waals surface area contributed by atoms with E-state index in [2.05, 4.69) is 5.32 Å². The van der Waals surface area contributed by atoms with E-state index in [9.17, 15) is 18.8 Å². The molecule has 1 N–H and O–H groups in total. The highest BCUT2D eigenvalue weighted by molar-refractivity contribution is 6.31. The molecule has 1 atom stereocenters. The molecule has 1 amide bonds. The Morgan fingerprint density at radius 1 is 1.23 bits per heavy atom. The van der Waals surface area contributed by atoms with Crippen molar-refractivity contribution in [3.8, 4) is 0 Å². The summed E-state index contributed by atoms with van der Waals surface area (Å²) < 4.78 is 23.4. The van der Waals surface area contributed by atoms with Gasteiger partial charge in [0.15, 0.2) is 5.78 Å². The van der Waals surface area contributed by atoms with E-state index in [1.54, 1.807) is 27.7 Å². The Bertz CT molecular complexity index is 652. The van der Waals surface area contributed by atoms with Crippen molar-refractivity contribution in [3.05, 3.63) is 34.6 Å². The summed E-state index contributed by atoms with van der Waals surface area (Å²) in [6, 6.07) is 2.43. The molecule has 0 aliphatic rings. The number of benzene rings is 1. The molecule has 0 fully saturated rings. The molecule has 0 bridgehead atoms. The summed E-state index contributed by atoms with van der Waals surface area (Å²) >= 11 is 5.74. The van der Waals surface area contributed by atoms with E-state index in [4.69, 9.17) is 21.1 Å². The Morgan fingerprint density at radius 3 is 2.42 bits per heavy atom. The number of hydrogen-bond donors (Lipinski definition) is 1. The highest BCUT2D eigenvalue weighted by atomic mass is 35.5. The summed E-state index contributed by atoms with van der Waals surface area (Å²) in [5, 5.41) is 2.50. The normalized spacial score (nSPS) is 12.2. The van der Waals surface area contributed by atoms with Crippen molar-refractivity contribution >= 4 is 29.4 Å². The SMILES string of the molecule is CCOC(=O)C(CCC(=O)c1cc(F)cc(Cl)c1)NC(=O)OC(C)(C)C. The van der Waals surface area contributed by atoms with Crippen LogP contribution in [0.5, 0.6) is 0 Å². The summed E-state index contributed by atoms with van der Waals surface area (Å²) in [6.07, 6.45) is -0.929. The summed E-state index contributed by atoms with van der Waals surface area (Å²) in [7, 11) is 0. The summed E-state index contributed by atoms with van der Waals surface area (Å²) in [5.41, 5.74) is -0.646. The van der Waals surface area contributed by atoms with Gasteiger partial charge in [-0.3, -0.25) is 4.79 Å². The number of hydrogen-bond acceptors (Lipinski definition) is 5. The van der Waals surface area contributed by atoms with Gasteiger partial charge in [0.1, 0.15) is 17.5 Å². The van der Waals surface area contributed by atoms with Gasteiger partial charge in [0.2, 0.25) is 0 Å². The lowest BCUT2D eigenvalue weighted by atomic mass is 10.0. The molecule has 0 aromatic heterocycles. The number of esters is 1. The van der Waals surface area contributed by atoms with Gasteiger partial charge in [-0.25, -0.2) is 14.0 Å². The summed E-state index contributed by atoms with van der Waals surface area (Å²) in [4.78, 5) is 36.1. The van der Waals surface area contributed by atoms with Crippen molar-refractivity contribution in [2.75, 3.05) is 6.61 Å². The number of carbonyl (C=O) groups excluding carboxylic acids is 3. The van der Waals surface area contributed by atoms with Crippen LogP contribution in [0.1, 0.15) is 50.9 Å². The predicted molar refractivity (Wildman–Crippen MR) is 94.8 cm³/mol. The first-order valence-electron chi connectivity index (χ1n) is 8.17. The van der Waals surface area contributed by atoms with Crippen LogP contribution < -0.4 is 5.32 Å². The molecule has 0 spiro atoms. The molecule has 1 aromatic carbocycles. The van der Waals surface area contributed by atoms with Crippen molar-refractivity contribution in [1.29, 1.82) is 0 Å². The molecule has 0 aliphatic carbocycles. The molecule has 26 heavy (non-hydrogen) atoms. The molecule has 0 saturated heterocycles. The zero-order valence-electron chi connectivity index (χ0n) is 15.2. The maximum absolute atomic E-state index is 13.4. The molecule has 0 saturated carbocycles. The Kier molecular flexibility index (Phi) is 8.02. The fourth-order valence-electron chi connectivity index (χ4n) is 2.08. The zero-order valence-corrected chi connectivity index (χ0v) is 16.0. The fraction of sp³-hybridized carbons (Fsp3) is 0.500. The van der Waals surface area contributed by atoms with Crippen LogP contribution in [0, 0.1) is 5.82 Å². The van der Waals surface area contributed by atoms with Crippen LogP contribution in [0.25, 0.3) is 0 Å². The number of halogens is 2. The van der Waals surface area contributed by atoms with Crippen LogP contribution in [0.3, 0.4) is 0 Å². The van der Waals surface area contributed by atoms with Gasteiger partial charge in [-0.15, -0.1) is 0 Å². The molecular formula is C18H23ClFNO5. The minimum atomic E-state index is -1.06. The lowest BCUT2D eigenvalue weighted by Gasteiger charge is -2.22. The van der Waals surface area contributed by atoms with Crippen molar-refractivity contribution in [2.24, 2.45) is 0 Å². The third kappa shape index (κ3) is 7.82. The molecule has 144 valence electrons.